The first-order valence-corrected chi connectivity index (χ1v) is 4.84. The lowest BCUT2D eigenvalue weighted by atomic mass is 10.0. The van der Waals surface area contributed by atoms with Crippen molar-refractivity contribution in [3.63, 3.8) is 0 Å². The highest BCUT2D eigenvalue weighted by molar-refractivity contribution is 7.81. The van der Waals surface area contributed by atoms with E-state index in [-0.39, 0.29) is 5.91 Å². The summed E-state index contributed by atoms with van der Waals surface area (Å²) >= 11 is 4.22. The Morgan fingerprint density at radius 2 is 2.14 bits per heavy atom. The van der Waals surface area contributed by atoms with Gasteiger partial charge in [-0.25, -0.2) is 5.84 Å². The van der Waals surface area contributed by atoms with Gasteiger partial charge in [-0.1, -0.05) is 18.2 Å². The Kier molecular flexibility index (Phi) is 3.55. The number of benzene rings is 1. The van der Waals surface area contributed by atoms with Gasteiger partial charge < -0.3 is 0 Å². The Labute approximate surface area is 89.1 Å². The van der Waals surface area contributed by atoms with Crippen molar-refractivity contribution >= 4 is 18.5 Å². The van der Waals surface area contributed by atoms with E-state index in [2.05, 4.69) is 18.1 Å². The van der Waals surface area contributed by atoms with E-state index in [0.29, 0.717) is 0 Å². The summed E-state index contributed by atoms with van der Waals surface area (Å²) < 4.78 is 0. The van der Waals surface area contributed by atoms with Crippen molar-refractivity contribution in [1.82, 2.24) is 5.43 Å². The van der Waals surface area contributed by atoms with Gasteiger partial charge in [0.15, 0.2) is 0 Å². The van der Waals surface area contributed by atoms with Gasteiger partial charge in [0.25, 0.3) is 5.91 Å². The lowest BCUT2D eigenvalue weighted by Gasteiger charge is -2.13. The molecule has 0 radical (unpaired) electrons. The van der Waals surface area contributed by atoms with Gasteiger partial charge in [0.05, 0.1) is 0 Å². The van der Waals surface area contributed by atoms with Crippen molar-refractivity contribution in [2.45, 2.75) is 19.1 Å². The van der Waals surface area contributed by atoms with Crippen molar-refractivity contribution < 1.29 is 4.79 Å². The minimum absolute atomic E-state index is 0.290. The van der Waals surface area contributed by atoms with E-state index in [0.717, 1.165) is 16.7 Å². The van der Waals surface area contributed by atoms with E-state index < -0.39 is 5.25 Å². The van der Waals surface area contributed by atoms with Crippen molar-refractivity contribution in [2.24, 2.45) is 5.84 Å². The van der Waals surface area contributed by atoms with Crippen LogP contribution in [0.25, 0.3) is 0 Å². The second kappa shape index (κ2) is 4.48. The zero-order chi connectivity index (χ0) is 10.7. The van der Waals surface area contributed by atoms with E-state index >= 15 is 0 Å². The topological polar surface area (TPSA) is 55.1 Å². The minimum Gasteiger partial charge on any atom is -0.293 e. The Balaban J connectivity index is 3.07. The number of nitrogens with two attached hydrogens (primary N) is 1. The molecule has 1 unspecified atom stereocenters. The molecular weight excluding hydrogens is 196 g/mol. The van der Waals surface area contributed by atoms with Gasteiger partial charge >= 0.3 is 0 Å². The molecule has 3 N–H and O–H groups in total. The highest BCUT2D eigenvalue weighted by Gasteiger charge is 2.17. The molecule has 0 spiro atoms. The Morgan fingerprint density at radius 3 is 2.71 bits per heavy atom. The van der Waals surface area contributed by atoms with Gasteiger partial charge in [-0.3, -0.25) is 10.2 Å². The lowest BCUT2D eigenvalue weighted by molar-refractivity contribution is -0.120. The molecule has 1 amide bonds. The average Bonchev–Trinajstić information content (AvgIpc) is 2.20. The van der Waals surface area contributed by atoms with Crippen LogP contribution in [-0.4, -0.2) is 5.91 Å². The second-order valence-corrected chi connectivity index (χ2v) is 3.72. The molecule has 0 aliphatic carbocycles. The number of hydrazine groups is 1. The van der Waals surface area contributed by atoms with E-state index in [1.54, 1.807) is 0 Å². The van der Waals surface area contributed by atoms with Crippen molar-refractivity contribution in [2.75, 3.05) is 0 Å². The normalized spacial score (nSPS) is 12.3. The SMILES string of the molecule is Cc1cccc(C(S)C(=O)NN)c1C. The predicted octanol–water partition coefficient (Wildman–Crippen LogP) is 1.26. The molecule has 0 saturated carbocycles. The zero-order valence-corrected chi connectivity index (χ0v) is 9.14. The number of aryl methyl sites for hydroxylation is 1. The predicted molar refractivity (Wildman–Crippen MR) is 60.0 cm³/mol. The molecule has 3 nitrogen and oxygen atoms in total. The summed E-state index contributed by atoms with van der Waals surface area (Å²) in [4.78, 5) is 11.3. The summed E-state index contributed by atoms with van der Waals surface area (Å²) in [5.74, 6) is 4.76. The zero-order valence-electron chi connectivity index (χ0n) is 8.24. The van der Waals surface area contributed by atoms with Gasteiger partial charge in [0, 0.05) is 0 Å². The fourth-order valence-corrected chi connectivity index (χ4v) is 1.64. The summed E-state index contributed by atoms with van der Waals surface area (Å²) in [6.07, 6.45) is 0. The highest BCUT2D eigenvalue weighted by Crippen LogP contribution is 2.25. The van der Waals surface area contributed by atoms with Crippen LogP contribution in [0.1, 0.15) is 21.9 Å². The number of carbonyl (C=O) groups excluding carboxylic acids is 1. The largest absolute Gasteiger partial charge is 0.293 e. The van der Waals surface area contributed by atoms with Crippen molar-refractivity contribution in [3.05, 3.63) is 34.9 Å². The smallest absolute Gasteiger partial charge is 0.251 e. The molecule has 0 aliphatic rings. The first-order chi connectivity index (χ1) is 6.57. The number of hydrogen-bond donors (Lipinski definition) is 3. The lowest BCUT2D eigenvalue weighted by Crippen LogP contribution is -2.33. The number of amides is 1. The maximum Gasteiger partial charge on any atom is 0.251 e. The molecule has 1 atom stereocenters. The maximum atomic E-state index is 11.3. The Hall–Kier alpha value is -1.00. The molecule has 1 rings (SSSR count). The molecule has 1 aromatic rings. The minimum atomic E-state index is -0.500. The van der Waals surface area contributed by atoms with Crippen LogP contribution in [0.4, 0.5) is 0 Å². The Morgan fingerprint density at radius 1 is 1.50 bits per heavy atom. The van der Waals surface area contributed by atoms with E-state index in [1.807, 2.05) is 32.0 Å². The molecule has 4 heteroatoms. The van der Waals surface area contributed by atoms with Gasteiger partial charge in [-0.15, -0.1) is 0 Å². The van der Waals surface area contributed by atoms with E-state index in [9.17, 15) is 4.79 Å². The first-order valence-electron chi connectivity index (χ1n) is 4.32. The number of nitrogens with one attached hydrogen (secondary N) is 1. The van der Waals surface area contributed by atoms with Crippen LogP contribution < -0.4 is 11.3 Å². The molecule has 0 aromatic heterocycles. The van der Waals surface area contributed by atoms with Crippen LogP contribution in [-0.2, 0) is 4.79 Å². The standard InChI is InChI=1S/C10H14N2OS/c1-6-4-3-5-8(7(6)2)9(14)10(13)12-11/h3-5,9,14H,11H2,1-2H3,(H,12,13). The van der Waals surface area contributed by atoms with E-state index in [1.165, 1.54) is 0 Å². The van der Waals surface area contributed by atoms with Crippen LogP contribution in [0.2, 0.25) is 0 Å². The third kappa shape index (κ3) is 2.08. The van der Waals surface area contributed by atoms with Crippen LogP contribution >= 0.6 is 12.6 Å². The summed E-state index contributed by atoms with van der Waals surface area (Å²) in [6, 6.07) is 5.79. The van der Waals surface area contributed by atoms with Gasteiger partial charge in [-0.05, 0) is 30.5 Å². The van der Waals surface area contributed by atoms with Crippen LogP contribution in [0, 0.1) is 13.8 Å². The third-order valence-corrected chi connectivity index (χ3v) is 2.84. The van der Waals surface area contributed by atoms with Crippen LogP contribution in [0.5, 0.6) is 0 Å². The van der Waals surface area contributed by atoms with Crippen molar-refractivity contribution in [1.29, 1.82) is 0 Å². The Bertz CT molecular complexity index is 352. The monoisotopic (exact) mass is 210 g/mol. The summed E-state index contributed by atoms with van der Waals surface area (Å²) in [5.41, 5.74) is 5.22. The molecule has 14 heavy (non-hydrogen) atoms. The fraction of sp³-hybridized carbons (Fsp3) is 0.300. The number of thiol groups is 1. The highest BCUT2D eigenvalue weighted by atomic mass is 32.1. The third-order valence-electron chi connectivity index (χ3n) is 2.33. The summed E-state index contributed by atoms with van der Waals surface area (Å²) in [5, 5.41) is -0.500. The maximum absolute atomic E-state index is 11.3. The van der Waals surface area contributed by atoms with Crippen LogP contribution in [0.15, 0.2) is 18.2 Å². The quantitative estimate of drug-likeness (QED) is 0.298. The molecule has 0 bridgehead atoms. The van der Waals surface area contributed by atoms with E-state index in [4.69, 9.17) is 5.84 Å². The van der Waals surface area contributed by atoms with Crippen molar-refractivity contribution in [3.8, 4) is 0 Å². The molecule has 0 saturated heterocycles. The molecule has 0 aliphatic heterocycles. The average molecular weight is 210 g/mol. The molecule has 1 aromatic carbocycles. The van der Waals surface area contributed by atoms with Gasteiger partial charge in [0.1, 0.15) is 5.25 Å². The molecule has 0 fully saturated rings. The summed E-state index contributed by atoms with van der Waals surface area (Å²) in [7, 11) is 0. The number of carbonyl (C=O) groups is 1. The first kappa shape index (κ1) is 11.1. The molecule has 0 heterocycles. The fourth-order valence-electron chi connectivity index (χ4n) is 1.29. The molecule has 76 valence electrons. The van der Waals surface area contributed by atoms with Gasteiger partial charge in [0.2, 0.25) is 0 Å². The van der Waals surface area contributed by atoms with Gasteiger partial charge in [-0.2, -0.15) is 12.6 Å². The summed E-state index contributed by atoms with van der Waals surface area (Å²) in [6.45, 7) is 3.97. The van der Waals surface area contributed by atoms with Crippen LogP contribution in [0.3, 0.4) is 0 Å². The number of hydrogen-bond acceptors (Lipinski definition) is 3. The molecular formula is C10H14N2OS. The number of rotatable bonds is 2. The second-order valence-electron chi connectivity index (χ2n) is 3.20.